The Morgan fingerprint density at radius 3 is 2.33 bits per heavy atom. The third kappa shape index (κ3) is 7.58. The van der Waals surface area contributed by atoms with Crippen molar-refractivity contribution in [1.29, 1.82) is 0 Å². The molecule has 0 saturated carbocycles. The molecule has 2 N–H and O–H groups in total. The molecule has 0 bridgehead atoms. The fourth-order valence-corrected chi connectivity index (χ4v) is 1.14. The van der Waals surface area contributed by atoms with E-state index in [4.69, 9.17) is 5.11 Å². The van der Waals surface area contributed by atoms with E-state index < -0.39 is 18.3 Å². The number of likely N-dealkylation sites (N-methyl/N-ethyl adjacent to an activating group) is 1. The molecule has 0 aliphatic rings. The minimum Gasteiger partial charge on any atom is -0.394 e. The molecule has 1 unspecified atom stereocenters. The lowest BCUT2D eigenvalue weighted by molar-refractivity contribution is -0.175. The highest BCUT2D eigenvalue weighted by atomic mass is 19.4. The summed E-state index contributed by atoms with van der Waals surface area (Å²) in [4.78, 5) is 0. The highest BCUT2D eigenvalue weighted by molar-refractivity contribution is 4.81. The van der Waals surface area contributed by atoms with Gasteiger partial charge in [-0.15, -0.1) is 0 Å². The first-order valence-corrected chi connectivity index (χ1v) is 4.83. The lowest BCUT2D eigenvalue weighted by Gasteiger charge is -2.28. The van der Waals surface area contributed by atoms with Gasteiger partial charge in [-0.3, -0.25) is 0 Å². The van der Waals surface area contributed by atoms with Crippen molar-refractivity contribution in [2.75, 3.05) is 26.4 Å². The van der Waals surface area contributed by atoms with Crippen molar-refractivity contribution < 1.29 is 23.0 Å². The van der Waals surface area contributed by atoms with E-state index in [1.807, 2.05) is 6.92 Å². The van der Waals surface area contributed by atoms with Crippen LogP contribution in [0.25, 0.3) is 0 Å². The maximum absolute atomic E-state index is 11.7. The van der Waals surface area contributed by atoms with Gasteiger partial charge in [0.05, 0.1) is 6.61 Å². The van der Waals surface area contributed by atoms with Crippen molar-refractivity contribution in [2.45, 2.75) is 32.0 Å². The van der Waals surface area contributed by atoms with Crippen LogP contribution >= 0.6 is 0 Å². The molecular formula is C9H18F3NO2. The average Bonchev–Trinajstić information content (AvgIpc) is 2.12. The zero-order chi connectivity index (χ0) is 11.9. The smallest absolute Gasteiger partial charge is 0.394 e. The first-order chi connectivity index (χ1) is 6.83. The second kappa shape index (κ2) is 6.30. The van der Waals surface area contributed by atoms with E-state index >= 15 is 0 Å². The van der Waals surface area contributed by atoms with Crippen LogP contribution in [0, 0.1) is 0 Å². The molecule has 0 aliphatic carbocycles. The summed E-state index contributed by atoms with van der Waals surface area (Å²) in [7, 11) is 0. The van der Waals surface area contributed by atoms with Crippen LogP contribution < -0.4 is 5.32 Å². The second-order valence-electron chi connectivity index (χ2n) is 3.67. The zero-order valence-electron chi connectivity index (χ0n) is 9.02. The Kier molecular flexibility index (Phi) is 6.16. The lowest BCUT2D eigenvalue weighted by atomic mass is 10.00. The lowest BCUT2D eigenvalue weighted by Crippen LogP contribution is -2.46. The predicted octanol–water partition coefficient (Wildman–Crippen LogP) is 1.32. The molecule has 92 valence electrons. The van der Waals surface area contributed by atoms with E-state index in [2.05, 4.69) is 10.1 Å². The largest absolute Gasteiger partial charge is 0.411 e. The van der Waals surface area contributed by atoms with E-state index in [1.54, 1.807) is 6.92 Å². The van der Waals surface area contributed by atoms with Gasteiger partial charge in [0, 0.05) is 12.1 Å². The van der Waals surface area contributed by atoms with Gasteiger partial charge in [0.2, 0.25) is 0 Å². The normalized spacial score (nSPS) is 16.4. The fraction of sp³-hybridized carbons (Fsp3) is 1.00. The maximum Gasteiger partial charge on any atom is 0.411 e. The summed E-state index contributed by atoms with van der Waals surface area (Å²) in [5.74, 6) is 0. The van der Waals surface area contributed by atoms with Gasteiger partial charge in [-0.1, -0.05) is 6.92 Å². The first-order valence-electron chi connectivity index (χ1n) is 4.83. The topological polar surface area (TPSA) is 41.5 Å². The Hall–Kier alpha value is -0.330. The third-order valence-electron chi connectivity index (χ3n) is 2.02. The number of ether oxygens (including phenoxy) is 1. The maximum atomic E-state index is 11.7. The third-order valence-corrected chi connectivity index (χ3v) is 2.02. The Morgan fingerprint density at radius 1 is 1.33 bits per heavy atom. The molecule has 0 aliphatic heterocycles. The van der Waals surface area contributed by atoms with Crippen LogP contribution in [0.3, 0.4) is 0 Å². The number of halogens is 3. The molecule has 0 aromatic carbocycles. The van der Waals surface area contributed by atoms with Crippen LogP contribution in [0.1, 0.15) is 20.3 Å². The van der Waals surface area contributed by atoms with Crippen molar-refractivity contribution in [1.82, 2.24) is 5.32 Å². The molecule has 6 heteroatoms. The van der Waals surface area contributed by atoms with Crippen molar-refractivity contribution in [2.24, 2.45) is 0 Å². The number of rotatable bonds is 7. The molecule has 0 saturated heterocycles. The van der Waals surface area contributed by atoms with Crippen LogP contribution in [0.15, 0.2) is 0 Å². The fourth-order valence-electron chi connectivity index (χ4n) is 1.14. The van der Waals surface area contributed by atoms with Crippen molar-refractivity contribution >= 4 is 0 Å². The molecule has 3 nitrogen and oxygen atoms in total. The minimum atomic E-state index is -4.28. The summed E-state index contributed by atoms with van der Waals surface area (Å²) < 4.78 is 39.6. The van der Waals surface area contributed by atoms with E-state index in [1.165, 1.54) is 0 Å². The number of hydrogen-bond acceptors (Lipinski definition) is 3. The predicted molar refractivity (Wildman–Crippen MR) is 50.7 cm³/mol. The monoisotopic (exact) mass is 229 g/mol. The van der Waals surface area contributed by atoms with Crippen LogP contribution in [0.2, 0.25) is 0 Å². The van der Waals surface area contributed by atoms with Gasteiger partial charge >= 0.3 is 6.18 Å². The number of aliphatic hydroxyl groups is 1. The van der Waals surface area contributed by atoms with E-state index in [0.717, 1.165) is 0 Å². The number of aliphatic hydroxyl groups excluding tert-OH is 1. The van der Waals surface area contributed by atoms with Gasteiger partial charge < -0.3 is 15.2 Å². The van der Waals surface area contributed by atoms with Gasteiger partial charge in [0.1, 0.15) is 6.61 Å². The quantitative estimate of drug-likeness (QED) is 0.647. The Morgan fingerprint density at radius 2 is 1.93 bits per heavy atom. The zero-order valence-corrected chi connectivity index (χ0v) is 9.02. The second-order valence-corrected chi connectivity index (χ2v) is 3.67. The van der Waals surface area contributed by atoms with Gasteiger partial charge in [-0.2, -0.15) is 13.2 Å². The van der Waals surface area contributed by atoms with Crippen molar-refractivity contribution in [3.05, 3.63) is 0 Å². The van der Waals surface area contributed by atoms with Gasteiger partial charge in [0.15, 0.2) is 0 Å². The molecule has 15 heavy (non-hydrogen) atoms. The summed E-state index contributed by atoms with van der Waals surface area (Å²) in [6.07, 6.45) is -3.94. The molecule has 1 atom stereocenters. The number of hydrogen-bond donors (Lipinski definition) is 2. The average molecular weight is 229 g/mol. The van der Waals surface area contributed by atoms with Gasteiger partial charge in [-0.25, -0.2) is 0 Å². The molecule has 0 fully saturated rings. The Balaban J connectivity index is 3.73. The summed E-state index contributed by atoms with van der Waals surface area (Å²) in [6, 6.07) is 0. The van der Waals surface area contributed by atoms with Gasteiger partial charge in [0.25, 0.3) is 0 Å². The number of nitrogens with one attached hydrogen (secondary N) is 1. The van der Waals surface area contributed by atoms with Gasteiger partial charge in [-0.05, 0) is 19.9 Å². The van der Waals surface area contributed by atoms with E-state index in [0.29, 0.717) is 13.0 Å². The summed E-state index contributed by atoms with van der Waals surface area (Å²) in [5.41, 5.74) is -0.569. The number of alkyl halides is 3. The minimum absolute atomic E-state index is 0.0242. The molecule has 0 aromatic rings. The molecule has 0 spiro atoms. The van der Waals surface area contributed by atoms with Crippen molar-refractivity contribution in [3.8, 4) is 0 Å². The van der Waals surface area contributed by atoms with E-state index in [9.17, 15) is 13.2 Å². The summed E-state index contributed by atoms with van der Waals surface area (Å²) >= 11 is 0. The van der Waals surface area contributed by atoms with Crippen LogP contribution in [0.5, 0.6) is 0 Å². The Bertz CT molecular complexity index is 175. The first kappa shape index (κ1) is 14.7. The SMILES string of the molecule is CCNC(C)(CO)CCOCC(F)(F)F. The molecule has 0 rings (SSSR count). The molecule has 0 heterocycles. The highest BCUT2D eigenvalue weighted by Crippen LogP contribution is 2.15. The molecule has 0 aromatic heterocycles. The van der Waals surface area contributed by atoms with Crippen LogP contribution in [0.4, 0.5) is 13.2 Å². The highest BCUT2D eigenvalue weighted by Gasteiger charge is 2.28. The summed E-state index contributed by atoms with van der Waals surface area (Å²) in [6.45, 7) is 2.87. The molecular weight excluding hydrogens is 211 g/mol. The van der Waals surface area contributed by atoms with Crippen LogP contribution in [-0.4, -0.2) is 43.2 Å². The van der Waals surface area contributed by atoms with Crippen LogP contribution in [-0.2, 0) is 4.74 Å². The van der Waals surface area contributed by atoms with E-state index in [-0.39, 0.29) is 13.2 Å². The van der Waals surface area contributed by atoms with Crippen molar-refractivity contribution in [3.63, 3.8) is 0 Å². The Labute approximate surface area is 87.6 Å². The molecule has 0 amide bonds. The standard InChI is InChI=1S/C9H18F3NO2/c1-3-13-8(2,6-14)4-5-15-7-9(10,11)12/h13-14H,3-7H2,1-2H3. The summed E-state index contributed by atoms with van der Waals surface area (Å²) in [5, 5.41) is 12.0. The molecule has 0 radical (unpaired) electrons.